The van der Waals surface area contributed by atoms with E-state index in [4.69, 9.17) is 10.2 Å². The van der Waals surface area contributed by atoms with Crippen molar-refractivity contribution in [1.82, 2.24) is 31.9 Å². The largest absolute Gasteiger partial charge is 0.391 e. The molecule has 0 aliphatic rings. The molecule has 78 heavy (non-hydrogen) atoms. The van der Waals surface area contributed by atoms with Crippen LogP contribution in [0.1, 0.15) is 260 Å². The molecule has 8 N–H and O–H groups in total. The van der Waals surface area contributed by atoms with Gasteiger partial charge in [0.15, 0.2) is 0 Å². The van der Waals surface area contributed by atoms with E-state index in [9.17, 15) is 28.8 Å². The molecule has 0 fully saturated rings. The Labute approximate surface area is 478 Å². The third-order valence-electron chi connectivity index (χ3n) is 14.4. The third kappa shape index (κ3) is 52.1. The molecule has 0 heterocycles. The highest BCUT2D eigenvalue weighted by Gasteiger charge is 2.24. The summed E-state index contributed by atoms with van der Waals surface area (Å²) in [6.07, 6.45) is 33.9. The van der Waals surface area contributed by atoms with Crippen molar-refractivity contribution in [2.45, 2.75) is 284 Å². The molecule has 0 aliphatic carbocycles. The Morgan fingerprint density at radius 2 is 0.667 bits per heavy atom. The van der Waals surface area contributed by atoms with Gasteiger partial charge in [0.05, 0.1) is 54.5 Å². The number of aliphatic hydroxyl groups is 2. The van der Waals surface area contributed by atoms with Crippen LogP contribution in [0.4, 0.5) is 0 Å². The summed E-state index contributed by atoms with van der Waals surface area (Å²) in [5, 5.41) is 35.6. The second kappa shape index (κ2) is 51.8. The number of carbonyl (C=O) groups excluding carboxylic acids is 6. The van der Waals surface area contributed by atoms with Crippen LogP contribution in [0.25, 0.3) is 0 Å². The molecule has 0 aromatic carbocycles. The Morgan fingerprint density at radius 3 is 1.05 bits per heavy atom. The van der Waals surface area contributed by atoms with Gasteiger partial charge in [0.2, 0.25) is 35.4 Å². The van der Waals surface area contributed by atoms with Crippen LogP contribution in [-0.2, 0) is 28.8 Å². The Bertz CT molecular complexity index is 1500. The van der Waals surface area contributed by atoms with Crippen molar-refractivity contribution in [1.29, 1.82) is 0 Å². The first-order valence-corrected chi connectivity index (χ1v) is 31.8. The third-order valence-corrected chi connectivity index (χ3v) is 14.4. The zero-order chi connectivity index (χ0) is 58.7. The van der Waals surface area contributed by atoms with Crippen LogP contribution in [0.15, 0.2) is 0 Å². The molecular formula is C62H126N8O8+2. The lowest BCUT2D eigenvalue weighted by atomic mass is 10.1. The number of nitrogens with zero attached hydrogens (tertiary/aromatic N) is 2. The van der Waals surface area contributed by atoms with Gasteiger partial charge in [-0.2, -0.15) is 0 Å². The van der Waals surface area contributed by atoms with Crippen molar-refractivity contribution in [3.63, 3.8) is 0 Å². The van der Waals surface area contributed by atoms with Crippen LogP contribution in [0, 0.1) is 0 Å². The molecule has 0 bridgehead atoms. The zero-order valence-corrected chi connectivity index (χ0v) is 52.2. The number of hydrogen-bond donors (Lipinski definition) is 8. The number of unbranched alkanes of at least 4 members (excludes halogenated alkanes) is 24. The fourth-order valence-electron chi connectivity index (χ4n) is 9.40. The monoisotopic (exact) mass is 1110 g/mol. The van der Waals surface area contributed by atoms with E-state index < -0.39 is 12.1 Å². The average molecular weight is 1110 g/mol. The molecular weight excluding hydrogens is 985 g/mol. The van der Waals surface area contributed by atoms with E-state index >= 15 is 0 Å². The Hall–Kier alpha value is -3.34. The van der Waals surface area contributed by atoms with Crippen molar-refractivity contribution < 1.29 is 47.9 Å². The molecule has 0 spiro atoms. The second-order valence-electron chi connectivity index (χ2n) is 24.2. The van der Waals surface area contributed by atoms with Gasteiger partial charge in [-0.25, -0.2) is 0 Å². The summed E-state index contributed by atoms with van der Waals surface area (Å²) in [5.41, 5.74) is 0. The van der Waals surface area contributed by atoms with Crippen molar-refractivity contribution in [2.75, 3.05) is 80.7 Å². The topological polar surface area (TPSA) is 215 Å². The lowest BCUT2D eigenvalue weighted by Crippen LogP contribution is -2.49. The van der Waals surface area contributed by atoms with Gasteiger partial charge in [-0.1, -0.05) is 142 Å². The van der Waals surface area contributed by atoms with E-state index in [1.165, 1.54) is 116 Å². The van der Waals surface area contributed by atoms with E-state index in [1.54, 1.807) is 0 Å². The molecule has 6 amide bonds. The molecule has 16 nitrogen and oxygen atoms in total. The van der Waals surface area contributed by atoms with Gasteiger partial charge in [-0.15, -0.1) is 0 Å². The number of likely N-dealkylation sites (N-methyl/N-ethyl adjacent to an activating group) is 2. The zero-order valence-electron chi connectivity index (χ0n) is 52.2. The highest BCUT2D eigenvalue weighted by atomic mass is 16.3. The summed E-state index contributed by atoms with van der Waals surface area (Å²) in [4.78, 5) is 74.9. The van der Waals surface area contributed by atoms with Gasteiger partial charge < -0.3 is 51.1 Å². The molecule has 2 atom stereocenters. The summed E-state index contributed by atoms with van der Waals surface area (Å²) in [7, 11) is 8.67. The molecule has 460 valence electrons. The van der Waals surface area contributed by atoms with Crippen LogP contribution in [0.2, 0.25) is 0 Å². The van der Waals surface area contributed by atoms with Crippen LogP contribution in [-0.4, -0.2) is 159 Å². The van der Waals surface area contributed by atoms with Crippen LogP contribution < -0.4 is 31.9 Å². The quantitative estimate of drug-likeness (QED) is 0.0216. The summed E-state index contributed by atoms with van der Waals surface area (Å²) in [6, 6.07) is -1.33. The SMILES string of the molecule is CC(C)NC(=O)CCC(NC(=O)CCCCCCCCCC[N+](C)(C)CCO)C(=O)NC(C)C.CCCCCCCCNC(=O)CCC(NC(=O)CCCCCCCCCC[N+](C)(C)CCO)C(=O)NCCCCCCCC. The maximum atomic E-state index is 13.0. The highest BCUT2D eigenvalue weighted by Crippen LogP contribution is 2.14. The minimum atomic E-state index is -0.686. The number of carbonyl (C=O) groups is 6. The second-order valence-corrected chi connectivity index (χ2v) is 24.2. The van der Waals surface area contributed by atoms with Crippen molar-refractivity contribution in [3.8, 4) is 0 Å². The average Bonchev–Trinajstić information content (AvgIpc) is 3.36. The first-order valence-electron chi connectivity index (χ1n) is 31.8. The first kappa shape index (κ1) is 76.7. The predicted octanol–water partition coefficient (Wildman–Crippen LogP) is 9.66. The predicted molar refractivity (Wildman–Crippen MR) is 323 cm³/mol. The molecule has 0 aromatic rings. The first-order chi connectivity index (χ1) is 37.2. The molecule has 2 unspecified atom stereocenters. The van der Waals surface area contributed by atoms with E-state index in [1.807, 2.05) is 27.7 Å². The minimum Gasteiger partial charge on any atom is -0.391 e. The van der Waals surface area contributed by atoms with Gasteiger partial charge in [-0.05, 0) is 91.9 Å². The molecule has 0 rings (SSSR count). The van der Waals surface area contributed by atoms with E-state index in [0.29, 0.717) is 38.8 Å². The molecule has 0 saturated carbocycles. The standard InChI is InChI=1S/C36H72N4O4.C26H52N4O4/c1-5-7-9-11-18-22-28-37-34(42)27-26-33(36(44)38-29-23-19-12-10-8-6-2)39-35(43)25-21-17-15-13-14-16-20-24-30-40(3,4)31-32-41;1-21(2)27-25(33)17-16-23(26(34)28-22(3)4)29-24(32)15-13-11-9-7-8-10-12-14-18-30(5,6)19-20-31/h33,41H,5-32H2,1-4H3,(H2-,37,38,39,42,43,44);21-23,31H,7-20H2,1-6H3,(H2-,27,28,29,32,33,34)/p+2. The molecule has 0 radical (unpaired) electrons. The van der Waals surface area contributed by atoms with Crippen LogP contribution >= 0.6 is 0 Å². The minimum absolute atomic E-state index is 0.0255. The molecule has 0 aromatic heterocycles. The Balaban J connectivity index is 0. The fourth-order valence-corrected chi connectivity index (χ4v) is 9.40. The Kier molecular flexibility index (Phi) is 50.9. The number of aliphatic hydroxyl groups excluding tert-OH is 2. The van der Waals surface area contributed by atoms with Gasteiger partial charge in [0.1, 0.15) is 25.2 Å². The molecule has 0 saturated heterocycles. The normalized spacial score (nSPS) is 12.4. The van der Waals surface area contributed by atoms with Crippen LogP contribution in [0.3, 0.4) is 0 Å². The number of amides is 6. The van der Waals surface area contributed by atoms with E-state index in [2.05, 4.69) is 73.9 Å². The van der Waals surface area contributed by atoms with Gasteiger partial charge >= 0.3 is 0 Å². The Morgan fingerprint density at radius 1 is 0.346 bits per heavy atom. The van der Waals surface area contributed by atoms with Gasteiger partial charge in [0, 0.05) is 50.9 Å². The van der Waals surface area contributed by atoms with Crippen molar-refractivity contribution in [3.05, 3.63) is 0 Å². The molecule has 0 aliphatic heterocycles. The number of quaternary nitrogens is 2. The summed E-state index contributed by atoms with van der Waals surface area (Å²) >= 11 is 0. The van der Waals surface area contributed by atoms with Crippen molar-refractivity contribution >= 4 is 35.4 Å². The van der Waals surface area contributed by atoms with E-state index in [-0.39, 0.29) is 73.6 Å². The summed E-state index contributed by atoms with van der Waals surface area (Å²) in [6.45, 7) is 17.6. The van der Waals surface area contributed by atoms with E-state index in [0.717, 1.165) is 99.4 Å². The maximum absolute atomic E-state index is 13.0. The lowest BCUT2D eigenvalue weighted by Gasteiger charge is -2.28. The van der Waals surface area contributed by atoms with Crippen molar-refractivity contribution in [2.24, 2.45) is 0 Å². The fraction of sp³-hybridized carbons (Fsp3) is 0.903. The summed E-state index contributed by atoms with van der Waals surface area (Å²) < 4.78 is 1.76. The molecule has 16 heteroatoms. The number of nitrogens with one attached hydrogen (secondary N) is 6. The van der Waals surface area contributed by atoms with Gasteiger partial charge in [-0.3, -0.25) is 28.8 Å². The number of hydrogen-bond acceptors (Lipinski definition) is 8. The highest BCUT2D eigenvalue weighted by molar-refractivity contribution is 5.89. The smallest absolute Gasteiger partial charge is 0.242 e. The van der Waals surface area contributed by atoms with Crippen LogP contribution in [0.5, 0.6) is 0 Å². The van der Waals surface area contributed by atoms with Gasteiger partial charge in [0.25, 0.3) is 0 Å². The summed E-state index contributed by atoms with van der Waals surface area (Å²) in [5.74, 6) is -0.792. The number of rotatable bonds is 52. The lowest BCUT2D eigenvalue weighted by molar-refractivity contribution is -0.890. The maximum Gasteiger partial charge on any atom is 0.242 e.